The van der Waals surface area contributed by atoms with Crippen LogP contribution in [0.2, 0.25) is 0 Å². The van der Waals surface area contributed by atoms with Crippen LogP contribution in [0.3, 0.4) is 0 Å². The van der Waals surface area contributed by atoms with Gasteiger partial charge in [-0.25, -0.2) is 0 Å². The van der Waals surface area contributed by atoms with Gasteiger partial charge < -0.3 is 20.9 Å². The van der Waals surface area contributed by atoms with E-state index in [1.165, 1.54) is 4.90 Å². The van der Waals surface area contributed by atoms with Gasteiger partial charge in [0.1, 0.15) is 12.4 Å². The third-order valence-corrected chi connectivity index (χ3v) is 5.03. The first kappa shape index (κ1) is 21.2. The van der Waals surface area contributed by atoms with Crippen LogP contribution in [-0.2, 0) is 4.74 Å². The molecule has 2 aromatic rings. The third-order valence-electron chi connectivity index (χ3n) is 5.03. The van der Waals surface area contributed by atoms with Gasteiger partial charge in [-0.1, -0.05) is 12.1 Å². The summed E-state index contributed by atoms with van der Waals surface area (Å²) in [5.74, 6) is 0.0546. The van der Waals surface area contributed by atoms with Crippen LogP contribution < -0.4 is 16.2 Å². The summed E-state index contributed by atoms with van der Waals surface area (Å²) in [6, 6.07) is 8.94. The summed E-state index contributed by atoms with van der Waals surface area (Å²) in [6.07, 6.45) is 0. The molecule has 0 atom stereocenters. The maximum atomic E-state index is 13.1. The van der Waals surface area contributed by atoms with Gasteiger partial charge in [0.15, 0.2) is 0 Å². The average Bonchev–Trinajstić information content (AvgIpc) is 2.72. The summed E-state index contributed by atoms with van der Waals surface area (Å²) in [5, 5.41) is 1.40. The number of nitrogens with zero attached hydrogens (tertiary/aromatic N) is 2. The minimum Gasteiger partial charge on any atom is -0.491 e. The predicted molar refractivity (Wildman–Crippen MR) is 111 cm³/mol. The van der Waals surface area contributed by atoms with Crippen molar-refractivity contribution in [2.45, 2.75) is 0 Å². The molecule has 8 heteroatoms. The number of carbonyl (C=O) groups excluding carboxylic acids is 2. The fraction of sp³-hybridized carbons (Fsp3) is 0.429. The van der Waals surface area contributed by atoms with Crippen molar-refractivity contribution in [1.29, 1.82) is 0 Å². The molecule has 0 saturated carbocycles. The fourth-order valence-electron chi connectivity index (χ4n) is 3.63. The molecule has 3 rings (SSSR count). The molecule has 29 heavy (non-hydrogen) atoms. The smallest absolute Gasteiger partial charge is 0.261 e. The number of carbonyl (C=O) groups is 2. The standard InChI is InChI=1S/C21H28N4O4/c1-28-13-14-29-18-6-5-17-19-15(18)3-2-4-16(19)20(26)25(21(17)27)12-11-24(9-7-22)10-8-23/h2-6H,7-14,22-23H2,1H3. The summed E-state index contributed by atoms with van der Waals surface area (Å²) in [4.78, 5) is 29.5. The molecule has 4 N–H and O–H groups in total. The van der Waals surface area contributed by atoms with Crippen molar-refractivity contribution < 1.29 is 19.1 Å². The van der Waals surface area contributed by atoms with Crippen LogP contribution in [-0.4, -0.2) is 81.2 Å². The number of ether oxygens (including phenoxy) is 2. The zero-order valence-corrected chi connectivity index (χ0v) is 16.7. The molecule has 0 saturated heterocycles. The van der Waals surface area contributed by atoms with Crippen molar-refractivity contribution in [3.05, 3.63) is 41.5 Å². The van der Waals surface area contributed by atoms with Gasteiger partial charge >= 0.3 is 0 Å². The molecule has 156 valence electrons. The van der Waals surface area contributed by atoms with Crippen LogP contribution in [0.5, 0.6) is 5.75 Å². The second-order valence-corrected chi connectivity index (χ2v) is 6.86. The van der Waals surface area contributed by atoms with Crippen LogP contribution >= 0.6 is 0 Å². The highest BCUT2D eigenvalue weighted by Gasteiger charge is 2.33. The number of rotatable bonds is 11. The lowest BCUT2D eigenvalue weighted by Crippen LogP contribution is -2.46. The summed E-state index contributed by atoms with van der Waals surface area (Å²) in [5.41, 5.74) is 12.3. The van der Waals surface area contributed by atoms with Crippen molar-refractivity contribution in [2.75, 3.05) is 59.6 Å². The van der Waals surface area contributed by atoms with E-state index in [1.807, 2.05) is 12.1 Å². The summed E-state index contributed by atoms with van der Waals surface area (Å²) >= 11 is 0. The Labute approximate surface area is 170 Å². The SMILES string of the molecule is COCCOc1ccc2c3c(cccc13)C(=O)N(CCN(CCN)CCN)C2=O. The molecule has 0 fully saturated rings. The minimum atomic E-state index is -0.289. The zero-order chi connectivity index (χ0) is 20.8. The molecule has 0 bridgehead atoms. The van der Waals surface area contributed by atoms with Crippen molar-refractivity contribution >= 4 is 22.6 Å². The van der Waals surface area contributed by atoms with Gasteiger partial charge in [0.05, 0.1) is 6.61 Å². The molecule has 0 spiro atoms. The van der Waals surface area contributed by atoms with E-state index in [1.54, 1.807) is 25.3 Å². The Bertz CT molecular complexity index is 858. The van der Waals surface area contributed by atoms with Crippen molar-refractivity contribution in [3.8, 4) is 5.75 Å². The molecule has 0 unspecified atom stereocenters. The third kappa shape index (κ3) is 4.40. The highest BCUT2D eigenvalue weighted by molar-refractivity contribution is 6.26. The van der Waals surface area contributed by atoms with Gasteiger partial charge in [0.2, 0.25) is 0 Å². The van der Waals surface area contributed by atoms with Crippen molar-refractivity contribution in [1.82, 2.24) is 9.80 Å². The molecule has 1 heterocycles. The van der Waals surface area contributed by atoms with E-state index in [-0.39, 0.29) is 11.8 Å². The Morgan fingerprint density at radius 1 is 0.931 bits per heavy atom. The maximum Gasteiger partial charge on any atom is 0.261 e. The van der Waals surface area contributed by atoms with Crippen molar-refractivity contribution in [3.63, 3.8) is 0 Å². The monoisotopic (exact) mass is 400 g/mol. The molecule has 1 aliphatic rings. The Morgan fingerprint density at radius 2 is 1.62 bits per heavy atom. The number of nitrogens with two attached hydrogens (primary N) is 2. The number of amides is 2. The number of hydrogen-bond donors (Lipinski definition) is 2. The van der Waals surface area contributed by atoms with Gasteiger partial charge in [-0.3, -0.25) is 19.4 Å². The molecule has 0 radical (unpaired) electrons. The first-order chi connectivity index (χ1) is 14.1. The lowest BCUT2D eigenvalue weighted by molar-refractivity contribution is 0.0593. The number of hydrogen-bond acceptors (Lipinski definition) is 7. The Morgan fingerprint density at radius 3 is 2.28 bits per heavy atom. The second kappa shape index (κ2) is 9.80. The van der Waals surface area contributed by atoms with E-state index >= 15 is 0 Å². The van der Waals surface area contributed by atoms with Crippen LogP contribution in [0.25, 0.3) is 10.8 Å². The van der Waals surface area contributed by atoms with Gasteiger partial charge in [-0.05, 0) is 18.2 Å². The number of imide groups is 1. The van der Waals surface area contributed by atoms with E-state index in [0.29, 0.717) is 74.7 Å². The molecular formula is C21H28N4O4. The Kier molecular flexibility index (Phi) is 7.16. The number of methoxy groups -OCH3 is 1. The van der Waals surface area contributed by atoms with Crippen LogP contribution in [0, 0.1) is 0 Å². The normalized spacial score (nSPS) is 13.6. The van der Waals surface area contributed by atoms with Gasteiger partial charge in [-0.15, -0.1) is 0 Å². The quantitative estimate of drug-likeness (QED) is 0.421. The Hall–Kier alpha value is -2.52. The minimum absolute atomic E-state index is 0.289. The summed E-state index contributed by atoms with van der Waals surface area (Å²) < 4.78 is 10.8. The van der Waals surface area contributed by atoms with Crippen LogP contribution in [0.15, 0.2) is 30.3 Å². The second-order valence-electron chi connectivity index (χ2n) is 6.86. The largest absolute Gasteiger partial charge is 0.491 e. The van der Waals surface area contributed by atoms with E-state index in [2.05, 4.69) is 4.90 Å². The average molecular weight is 400 g/mol. The van der Waals surface area contributed by atoms with Gasteiger partial charge in [0.25, 0.3) is 11.8 Å². The summed E-state index contributed by atoms with van der Waals surface area (Å²) in [7, 11) is 1.61. The first-order valence-electron chi connectivity index (χ1n) is 9.78. The molecule has 0 aromatic heterocycles. The molecule has 8 nitrogen and oxygen atoms in total. The lowest BCUT2D eigenvalue weighted by atomic mass is 9.93. The van der Waals surface area contributed by atoms with E-state index in [0.717, 1.165) is 5.39 Å². The van der Waals surface area contributed by atoms with E-state index < -0.39 is 0 Å². The van der Waals surface area contributed by atoms with Crippen LogP contribution in [0.4, 0.5) is 0 Å². The maximum absolute atomic E-state index is 13.1. The molecule has 2 amide bonds. The van der Waals surface area contributed by atoms with Crippen LogP contribution in [0.1, 0.15) is 20.7 Å². The molecule has 0 aliphatic carbocycles. The van der Waals surface area contributed by atoms with Crippen molar-refractivity contribution in [2.24, 2.45) is 11.5 Å². The highest BCUT2D eigenvalue weighted by atomic mass is 16.5. The number of benzene rings is 2. The molecular weight excluding hydrogens is 372 g/mol. The molecule has 1 aliphatic heterocycles. The topological polar surface area (TPSA) is 111 Å². The van der Waals surface area contributed by atoms with E-state index in [9.17, 15) is 9.59 Å². The first-order valence-corrected chi connectivity index (χ1v) is 9.78. The fourth-order valence-corrected chi connectivity index (χ4v) is 3.63. The lowest BCUT2D eigenvalue weighted by Gasteiger charge is -2.30. The summed E-state index contributed by atoms with van der Waals surface area (Å²) in [6.45, 7) is 4.00. The van der Waals surface area contributed by atoms with E-state index in [4.69, 9.17) is 20.9 Å². The predicted octanol–water partition coefficient (Wildman–Crippen LogP) is 0.680. The molecule has 2 aromatic carbocycles. The zero-order valence-electron chi connectivity index (χ0n) is 16.7. The Balaban J connectivity index is 1.88. The van der Waals surface area contributed by atoms with Gasteiger partial charge in [-0.2, -0.15) is 0 Å². The van der Waals surface area contributed by atoms with Gasteiger partial charge in [0, 0.05) is 68.3 Å². The highest BCUT2D eigenvalue weighted by Crippen LogP contribution is 2.35.